The summed E-state index contributed by atoms with van der Waals surface area (Å²) in [6.45, 7) is 7.83. The van der Waals surface area contributed by atoms with Gasteiger partial charge in [-0.15, -0.1) is 0 Å². The summed E-state index contributed by atoms with van der Waals surface area (Å²) in [5.41, 5.74) is 5.76. The van der Waals surface area contributed by atoms with E-state index in [1.807, 2.05) is 57.2 Å². The lowest BCUT2D eigenvalue weighted by Gasteiger charge is -2.26. The first kappa shape index (κ1) is 25.3. The quantitative estimate of drug-likeness (QED) is 0.458. The lowest BCUT2D eigenvalue weighted by Crippen LogP contribution is -2.40. The summed E-state index contributed by atoms with van der Waals surface area (Å²) in [5, 5.41) is 0. The second-order valence-corrected chi connectivity index (χ2v) is 11.1. The van der Waals surface area contributed by atoms with Crippen molar-refractivity contribution >= 4 is 33.3 Å². The maximum atomic E-state index is 13.5. The fourth-order valence-electron chi connectivity index (χ4n) is 5.10. The number of likely N-dealkylation sites (N-methyl/N-ethyl adjacent to an activating group) is 1. The maximum Gasteiger partial charge on any atom is 0.258 e. The van der Waals surface area contributed by atoms with Crippen LogP contribution >= 0.6 is 0 Å². The van der Waals surface area contributed by atoms with E-state index >= 15 is 0 Å². The Balaban J connectivity index is 1.58. The van der Waals surface area contributed by atoms with Crippen LogP contribution in [0.2, 0.25) is 0 Å². The van der Waals surface area contributed by atoms with Crippen LogP contribution in [0.3, 0.4) is 0 Å². The van der Waals surface area contributed by atoms with Gasteiger partial charge in [0.15, 0.2) is 0 Å². The molecule has 0 bridgehead atoms. The fraction of sp³-hybridized carbons (Fsp3) is 0.321. The van der Waals surface area contributed by atoms with E-state index in [0.29, 0.717) is 44.0 Å². The molecule has 0 aliphatic carbocycles. The van der Waals surface area contributed by atoms with Crippen LogP contribution in [0.5, 0.6) is 5.75 Å². The van der Waals surface area contributed by atoms with Crippen LogP contribution in [0.25, 0.3) is 17.3 Å². The molecule has 2 aliphatic rings. The highest BCUT2D eigenvalue weighted by atomic mass is 32.2. The van der Waals surface area contributed by atoms with Gasteiger partial charge >= 0.3 is 0 Å². The van der Waals surface area contributed by atoms with Gasteiger partial charge in [0.1, 0.15) is 5.75 Å². The number of morpholine rings is 1. The number of hydrogen-bond donors (Lipinski definition) is 0. The molecule has 2 aliphatic heterocycles. The molecule has 5 rings (SSSR count). The largest absolute Gasteiger partial charge is 0.497 e. The summed E-state index contributed by atoms with van der Waals surface area (Å²) in [7, 11) is -2.05. The van der Waals surface area contributed by atoms with E-state index < -0.39 is 10.0 Å². The third-order valence-corrected chi connectivity index (χ3v) is 8.94. The number of nitrogens with zero attached hydrogens (tertiary/aromatic N) is 3. The van der Waals surface area contributed by atoms with Gasteiger partial charge in [-0.25, -0.2) is 8.42 Å². The van der Waals surface area contributed by atoms with E-state index in [-0.39, 0.29) is 10.8 Å². The number of carbonyl (C=O) groups is 1. The van der Waals surface area contributed by atoms with Crippen molar-refractivity contribution in [3.8, 4) is 11.4 Å². The van der Waals surface area contributed by atoms with Crippen LogP contribution in [0.1, 0.15) is 29.4 Å². The predicted octanol–water partition coefficient (Wildman–Crippen LogP) is 4.03. The average Bonchev–Trinajstić information content (AvgIpc) is 3.35. The molecule has 0 saturated carbocycles. The first-order valence-corrected chi connectivity index (χ1v) is 13.8. The van der Waals surface area contributed by atoms with Crippen LogP contribution < -0.4 is 9.64 Å². The molecular weight excluding hydrogens is 490 g/mol. The molecule has 1 fully saturated rings. The van der Waals surface area contributed by atoms with Crippen LogP contribution in [0, 0.1) is 13.8 Å². The first-order valence-electron chi connectivity index (χ1n) is 12.4. The number of benzene rings is 2. The molecule has 1 saturated heterocycles. The van der Waals surface area contributed by atoms with E-state index in [0.717, 1.165) is 34.1 Å². The van der Waals surface area contributed by atoms with Crippen molar-refractivity contribution in [2.75, 3.05) is 44.9 Å². The minimum atomic E-state index is -3.69. The summed E-state index contributed by atoms with van der Waals surface area (Å²) in [5.74, 6) is 0.650. The molecule has 0 unspecified atom stereocenters. The van der Waals surface area contributed by atoms with Crippen LogP contribution in [0.4, 0.5) is 5.69 Å². The van der Waals surface area contributed by atoms with Gasteiger partial charge < -0.3 is 18.9 Å². The molecule has 1 amide bonds. The van der Waals surface area contributed by atoms with E-state index in [4.69, 9.17) is 9.47 Å². The van der Waals surface area contributed by atoms with Gasteiger partial charge in [-0.05, 0) is 80.9 Å². The molecule has 2 aromatic carbocycles. The molecule has 37 heavy (non-hydrogen) atoms. The molecule has 0 atom stereocenters. The van der Waals surface area contributed by atoms with Gasteiger partial charge in [-0.3, -0.25) is 4.79 Å². The molecule has 8 nitrogen and oxygen atoms in total. The van der Waals surface area contributed by atoms with Crippen molar-refractivity contribution in [3.63, 3.8) is 0 Å². The van der Waals surface area contributed by atoms with Crippen LogP contribution in [-0.2, 0) is 19.6 Å². The monoisotopic (exact) mass is 521 g/mol. The number of methoxy groups -OCH3 is 1. The van der Waals surface area contributed by atoms with Gasteiger partial charge in [-0.2, -0.15) is 4.31 Å². The van der Waals surface area contributed by atoms with Crippen molar-refractivity contribution in [1.82, 2.24) is 8.87 Å². The molecule has 1 aromatic heterocycles. The Bertz CT molecular complexity index is 1480. The smallest absolute Gasteiger partial charge is 0.258 e. The third-order valence-electron chi connectivity index (χ3n) is 7.05. The summed E-state index contributed by atoms with van der Waals surface area (Å²) in [6, 6.07) is 14.8. The highest BCUT2D eigenvalue weighted by Crippen LogP contribution is 2.40. The normalized spacial score (nSPS) is 17.5. The zero-order valence-electron chi connectivity index (χ0n) is 21.5. The number of amides is 1. The number of hydrogen-bond acceptors (Lipinski definition) is 5. The second-order valence-electron chi connectivity index (χ2n) is 9.16. The summed E-state index contributed by atoms with van der Waals surface area (Å²) >= 11 is 0. The molecule has 194 valence electrons. The second kappa shape index (κ2) is 9.81. The molecule has 0 radical (unpaired) electrons. The van der Waals surface area contributed by atoms with Gasteiger partial charge in [0.25, 0.3) is 5.91 Å². The Morgan fingerprint density at radius 1 is 1.03 bits per heavy atom. The molecule has 9 heteroatoms. The topological polar surface area (TPSA) is 81.1 Å². The van der Waals surface area contributed by atoms with Gasteiger partial charge in [0, 0.05) is 47.8 Å². The molecule has 3 aromatic rings. The molecule has 0 N–H and O–H groups in total. The lowest BCUT2D eigenvalue weighted by atomic mass is 10.0. The summed E-state index contributed by atoms with van der Waals surface area (Å²) in [4.78, 5) is 15.3. The number of sulfonamides is 1. The maximum absolute atomic E-state index is 13.5. The number of anilines is 1. The van der Waals surface area contributed by atoms with Crippen molar-refractivity contribution in [2.24, 2.45) is 0 Å². The Labute approximate surface area is 217 Å². The average molecular weight is 522 g/mol. The van der Waals surface area contributed by atoms with Crippen molar-refractivity contribution in [1.29, 1.82) is 0 Å². The molecule has 0 spiro atoms. The van der Waals surface area contributed by atoms with Crippen molar-refractivity contribution in [2.45, 2.75) is 25.7 Å². The van der Waals surface area contributed by atoms with Gasteiger partial charge in [0.05, 0.1) is 30.9 Å². The van der Waals surface area contributed by atoms with Crippen LogP contribution in [0.15, 0.2) is 53.4 Å². The fourth-order valence-corrected chi connectivity index (χ4v) is 6.54. The number of aryl methyl sites for hydroxylation is 1. The van der Waals surface area contributed by atoms with Crippen molar-refractivity contribution < 1.29 is 22.7 Å². The minimum absolute atomic E-state index is 0.132. The number of ether oxygens (including phenoxy) is 2. The van der Waals surface area contributed by atoms with Crippen molar-refractivity contribution in [3.05, 3.63) is 71.0 Å². The Kier molecular flexibility index (Phi) is 6.70. The summed E-state index contributed by atoms with van der Waals surface area (Å²) in [6.07, 6.45) is 1.88. The highest BCUT2D eigenvalue weighted by molar-refractivity contribution is 7.89. The number of rotatable bonds is 6. The number of aromatic nitrogens is 1. The zero-order chi connectivity index (χ0) is 26.3. The van der Waals surface area contributed by atoms with E-state index in [1.54, 1.807) is 30.2 Å². The lowest BCUT2D eigenvalue weighted by molar-refractivity contribution is -0.112. The molecular formula is C28H31N3O5S. The number of fused-ring (bicyclic) bond motifs is 1. The summed E-state index contributed by atoms with van der Waals surface area (Å²) < 4.78 is 40.8. The van der Waals surface area contributed by atoms with Crippen LogP contribution in [-0.4, -0.2) is 63.2 Å². The standard InChI is InChI=1S/C28H31N3O5S/c1-5-30-27-11-10-24(37(33,34)29-12-14-36-15-13-29)18-25(27)26(28(30)32)17-21-16-19(2)31(20(21)3)22-6-8-23(35-4)9-7-22/h6-11,16-18H,5,12-15H2,1-4H3/b26-17-. The SMILES string of the molecule is CCN1C(=O)/C(=C\c2cc(C)n(-c3ccc(OC)cc3)c2C)c2cc(S(=O)(=O)N3CCOCC3)ccc21. The Morgan fingerprint density at radius 2 is 1.73 bits per heavy atom. The van der Waals surface area contributed by atoms with E-state index in [2.05, 4.69) is 4.57 Å². The van der Waals surface area contributed by atoms with E-state index in [9.17, 15) is 13.2 Å². The molecule has 3 heterocycles. The zero-order valence-corrected chi connectivity index (χ0v) is 22.3. The van der Waals surface area contributed by atoms with E-state index in [1.165, 1.54) is 4.31 Å². The highest BCUT2D eigenvalue weighted by Gasteiger charge is 2.34. The number of carbonyl (C=O) groups excluding carboxylic acids is 1. The predicted molar refractivity (Wildman–Crippen MR) is 144 cm³/mol. The van der Waals surface area contributed by atoms with Gasteiger partial charge in [-0.1, -0.05) is 0 Å². The third kappa shape index (κ3) is 4.37. The minimum Gasteiger partial charge on any atom is -0.497 e. The Morgan fingerprint density at radius 3 is 2.38 bits per heavy atom. The Hall–Kier alpha value is -3.40. The van der Waals surface area contributed by atoms with Gasteiger partial charge in [0.2, 0.25) is 10.0 Å². The first-order chi connectivity index (χ1) is 17.8.